The largest absolute Gasteiger partial charge is 0.487 e. The van der Waals surface area contributed by atoms with E-state index < -0.39 is 21.5 Å². The summed E-state index contributed by atoms with van der Waals surface area (Å²) in [6.07, 6.45) is 6.19. The molecule has 1 amide bonds. The molecule has 10 heteroatoms. The van der Waals surface area contributed by atoms with Crippen LogP contribution in [0.4, 0.5) is 0 Å². The van der Waals surface area contributed by atoms with Crippen molar-refractivity contribution in [3.63, 3.8) is 0 Å². The number of nitrogens with zero attached hydrogens (tertiary/aromatic N) is 4. The van der Waals surface area contributed by atoms with Crippen molar-refractivity contribution in [2.24, 2.45) is 0 Å². The molecule has 2 aromatic heterocycles. The Hall–Kier alpha value is -3.43. The average molecular weight is 529 g/mol. The van der Waals surface area contributed by atoms with Crippen molar-refractivity contribution >= 4 is 43.9 Å². The first kappa shape index (κ1) is 27.2. The van der Waals surface area contributed by atoms with E-state index in [9.17, 15) is 13.2 Å². The highest BCUT2D eigenvalue weighted by molar-refractivity contribution is 7.92. The van der Waals surface area contributed by atoms with Gasteiger partial charge in [-0.25, -0.2) is 13.4 Å². The van der Waals surface area contributed by atoms with Crippen molar-refractivity contribution in [3.05, 3.63) is 77.2 Å². The van der Waals surface area contributed by atoms with Gasteiger partial charge in [0.2, 0.25) is 5.91 Å². The number of halogens is 1. The standard InChI is InChI=1S/C26H29ClN4O4S/c1-7-9-22(30(3)4)19-12-17(2)29-26-18(19)10-8-11-23(26)35-15-20-21(27)13-28-14-24(20)36(33,34)16-25(32)31(5)6/h7-14H,1,15-16H2,2-6H3/b22-9-. The van der Waals surface area contributed by atoms with Crippen molar-refractivity contribution in [2.75, 3.05) is 33.9 Å². The van der Waals surface area contributed by atoms with Crippen LogP contribution in [0.1, 0.15) is 16.8 Å². The van der Waals surface area contributed by atoms with Gasteiger partial charge in [-0.2, -0.15) is 0 Å². The smallest absolute Gasteiger partial charge is 0.237 e. The van der Waals surface area contributed by atoms with Crippen LogP contribution in [0, 0.1) is 6.92 Å². The Labute approximate surface area is 216 Å². The van der Waals surface area contributed by atoms with Crippen LogP contribution in [-0.2, 0) is 21.2 Å². The number of rotatable bonds is 9. The summed E-state index contributed by atoms with van der Waals surface area (Å²) in [5.41, 5.74) is 3.55. The monoisotopic (exact) mass is 528 g/mol. The van der Waals surface area contributed by atoms with Gasteiger partial charge in [-0.05, 0) is 25.1 Å². The molecule has 0 aliphatic rings. The summed E-state index contributed by atoms with van der Waals surface area (Å²) in [6.45, 7) is 5.56. The molecule has 0 aliphatic carbocycles. The minimum Gasteiger partial charge on any atom is -0.487 e. The van der Waals surface area contributed by atoms with Gasteiger partial charge in [-0.15, -0.1) is 0 Å². The van der Waals surface area contributed by atoms with E-state index in [0.29, 0.717) is 11.3 Å². The Morgan fingerprint density at radius 3 is 2.53 bits per heavy atom. The molecule has 0 unspecified atom stereocenters. The van der Waals surface area contributed by atoms with E-state index in [1.807, 2.05) is 50.2 Å². The zero-order chi connectivity index (χ0) is 26.6. The molecule has 0 saturated carbocycles. The van der Waals surface area contributed by atoms with Crippen LogP contribution < -0.4 is 4.74 Å². The number of allylic oxidation sites excluding steroid dienone is 2. The molecule has 0 atom stereocenters. The number of carbonyl (C=O) groups excluding carboxylic acids is 1. The van der Waals surface area contributed by atoms with Gasteiger partial charge in [0.15, 0.2) is 9.84 Å². The Bertz CT molecular complexity index is 1450. The number of benzene rings is 1. The number of ether oxygens (including phenoxy) is 1. The molecular formula is C26H29ClN4O4S. The van der Waals surface area contributed by atoms with Crippen molar-refractivity contribution in [2.45, 2.75) is 18.4 Å². The summed E-state index contributed by atoms with van der Waals surface area (Å²) in [4.78, 5) is 23.8. The fraction of sp³-hybridized carbons (Fsp3) is 0.269. The van der Waals surface area contributed by atoms with Crippen LogP contribution >= 0.6 is 11.6 Å². The highest BCUT2D eigenvalue weighted by atomic mass is 35.5. The molecule has 190 valence electrons. The molecule has 1 aromatic carbocycles. The van der Waals surface area contributed by atoms with Crippen LogP contribution in [-0.4, -0.2) is 68.0 Å². The quantitative estimate of drug-likeness (QED) is 0.386. The third kappa shape index (κ3) is 5.85. The lowest BCUT2D eigenvalue weighted by Gasteiger charge is -2.20. The number of aryl methyl sites for hydroxylation is 1. The molecule has 3 rings (SSSR count). The molecule has 2 heterocycles. The van der Waals surface area contributed by atoms with Gasteiger partial charge in [0, 0.05) is 68.5 Å². The van der Waals surface area contributed by atoms with Crippen molar-refractivity contribution in [1.82, 2.24) is 19.8 Å². The number of aromatic nitrogens is 2. The fourth-order valence-electron chi connectivity index (χ4n) is 3.64. The number of amides is 1. The van der Waals surface area contributed by atoms with Gasteiger partial charge in [0.05, 0.1) is 9.92 Å². The second-order valence-electron chi connectivity index (χ2n) is 8.58. The first-order chi connectivity index (χ1) is 17.0. The maximum atomic E-state index is 13.0. The van der Waals surface area contributed by atoms with E-state index >= 15 is 0 Å². The average Bonchev–Trinajstić information content (AvgIpc) is 2.80. The molecule has 0 spiro atoms. The Morgan fingerprint density at radius 1 is 1.17 bits per heavy atom. The summed E-state index contributed by atoms with van der Waals surface area (Å²) in [5, 5.41) is 0.993. The lowest BCUT2D eigenvalue weighted by molar-refractivity contribution is -0.125. The van der Waals surface area contributed by atoms with Gasteiger partial charge in [-0.1, -0.05) is 36.4 Å². The fourth-order valence-corrected chi connectivity index (χ4v) is 5.41. The maximum absolute atomic E-state index is 13.0. The molecule has 0 radical (unpaired) electrons. The second-order valence-corrected chi connectivity index (χ2v) is 10.9. The predicted octanol–water partition coefficient (Wildman–Crippen LogP) is 4.12. The van der Waals surface area contributed by atoms with Crippen molar-refractivity contribution in [1.29, 1.82) is 0 Å². The van der Waals surface area contributed by atoms with Gasteiger partial charge in [-0.3, -0.25) is 9.78 Å². The van der Waals surface area contributed by atoms with Gasteiger partial charge in [0.25, 0.3) is 0 Å². The molecule has 0 saturated heterocycles. The highest BCUT2D eigenvalue weighted by Gasteiger charge is 2.26. The van der Waals surface area contributed by atoms with Crippen LogP contribution in [0.2, 0.25) is 5.02 Å². The number of pyridine rings is 2. The summed E-state index contributed by atoms with van der Waals surface area (Å²) in [5.74, 6) is -0.779. The van der Waals surface area contributed by atoms with Crippen molar-refractivity contribution < 1.29 is 17.9 Å². The van der Waals surface area contributed by atoms with E-state index in [-0.39, 0.29) is 22.1 Å². The zero-order valence-electron chi connectivity index (χ0n) is 20.9. The summed E-state index contributed by atoms with van der Waals surface area (Å²) >= 11 is 6.34. The molecule has 8 nitrogen and oxygen atoms in total. The van der Waals surface area contributed by atoms with E-state index in [1.165, 1.54) is 31.4 Å². The topological polar surface area (TPSA) is 92.7 Å². The van der Waals surface area contributed by atoms with E-state index in [4.69, 9.17) is 21.3 Å². The minimum atomic E-state index is -4.00. The Balaban J connectivity index is 2.06. The molecule has 0 N–H and O–H groups in total. The predicted molar refractivity (Wildman–Crippen MR) is 143 cm³/mol. The van der Waals surface area contributed by atoms with Crippen LogP contribution in [0.15, 0.2) is 60.3 Å². The zero-order valence-corrected chi connectivity index (χ0v) is 22.5. The number of para-hydroxylation sites is 1. The van der Waals surface area contributed by atoms with Crippen LogP contribution in [0.25, 0.3) is 16.6 Å². The normalized spacial score (nSPS) is 11.9. The Kier molecular flexibility index (Phi) is 8.37. The summed E-state index contributed by atoms with van der Waals surface area (Å²) in [7, 11) is 2.89. The number of hydrogen-bond donors (Lipinski definition) is 0. The minimum absolute atomic E-state index is 0.127. The number of fused-ring (bicyclic) bond motifs is 1. The summed E-state index contributed by atoms with van der Waals surface area (Å²) < 4.78 is 32.1. The molecule has 0 aliphatic heterocycles. The third-order valence-electron chi connectivity index (χ3n) is 5.45. The van der Waals surface area contributed by atoms with E-state index in [0.717, 1.165) is 22.3 Å². The number of hydrogen-bond acceptors (Lipinski definition) is 7. The van der Waals surface area contributed by atoms with E-state index in [2.05, 4.69) is 11.6 Å². The van der Waals surface area contributed by atoms with Gasteiger partial charge in [0.1, 0.15) is 23.6 Å². The van der Waals surface area contributed by atoms with E-state index in [1.54, 1.807) is 12.1 Å². The molecule has 3 aromatic rings. The highest BCUT2D eigenvalue weighted by Crippen LogP contribution is 2.33. The first-order valence-corrected chi connectivity index (χ1v) is 13.1. The molecule has 36 heavy (non-hydrogen) atoms. The lowest BCUT2D eigenvalue weighted by atomic mass is 10.0. The molecular weight excluding hydrogens is 500 g/mol. The van der Waals surface area contributed by atoms with Gasteiger partial charge >= 0.3 is 0 Å². The second kappa shape index (κ2) is 11.1. The third-order valence-corrected chi connectivity index (χ3v) is 7.42. The van der Waals surface area contributed by atoms with Crippen molar-refractivity contribution in [3.8, 4) is 5.75 Å². The maximum Gasteiger partial charge on any atom is 0.237 e. The first-order valence-electron chi connectivity index (χ1n) is 11.0. The SMILES string of the molecule is C=C/C=C(/c1cc(C)nc2c(OCc3c(Cl)cncc3S(=O)(=O)CC(=O)N(C)C)cccc12)N(C)C. The number of carbonyl (C=O) groups is 1. The Morgan fingerprint density at radius 2 is 1.89 bits per heavy atom. The molecule has 0 bridgehead atoms. The molecule has 0 fully saturated rings. The lowest BCUT2D eigenvalue weighted by Crippen LogP contribution is -2.29. The summed E-state index contributed by atoms with van der Waals surface area (Å²) in [6, 6.07) is 7.56. The van der Waals surface area contributed by atoms with Crippen LogP contribution in [0.5, 0.6) is 5.75 Å². The van der Waals surface area contributed by atoms with Gasteiger partial charge < -0.3 is 14.5 Å². The number of sulfone groups is 1. The van der Waals surface area contributed by atoms with Crippen LogP contribution in [0.3, 0.4) is 0 Å².